The number of aliphatic imine (C=N–C) groups is 1. The van der Waals surface area contributed by atoms with Crippen molar-refractivity contribution in [1.82, 2.24) is 20.1 Å². The van der Waals surface area contributed by atoms with Crippen LogP contribution in [-0.4, -0.2) is 44.6 Å². The lowest BCUT2D eigenvalue weighted by atomic mass is 10.0. The standard InChI is InChI=1S/C31H28F4N6O2S/c1-19(2)26-16-23(32)8-13-27(26)40-14-15-44-30(40)38-29(42)36-17-20(3)21-4-6-22(7-5-21)28-37-18-41(39-28)24-9-11-25(12-10-24)43-31(33,34)35/h4-13,16-19H,14-15H2,1-3H3,(H,36,42)/b20-17+,38-30?. The molecule has 4 aromatic rings. The van der Waals surface area contributed by atoms with E-state index in [0.29, 0.717) is 23.2 Å². The molecule has 8 nitrogen and oxygen atoms in total. The normalized spacial score (nSPS) is 14.9. The Kier molecular flexibility index (Phi) is 9.04. The van der Waals surface area contributed by atoms with Gasteiger partial charge in [-0.2, -0.15) is 4.99 Å². The van der Waals surface area contributed by atoms with Gasteiger partial charge in [0.05, 0.1) is 5.69 Å². The first kappa shape index (κ1) is 30.8. The van der Waals surface area contributed by atoms with Crippen LogP contribution in [0, 0.1) is 5.82 Å². The number of amides is 2. The van der Waals surface area contributed by atoms with Gasteiger partial charge in [-0.05, 0) is 72.0 Å². The number of aromatic nitrogens is 3. The van der Waals surface area contributed by atoms with Gasteiger partial charge in [0.15, 0.2) is 11.0 Å². The van der Waals surface area contributed by atoms with Crippen molar-refractivity contribution in [2.24, 2.45) is 4.99 Å². The predicted molar refractivity (Wildman–Crippen MR) is 163 cm³/mol. The van der Waals surface area contributed by atoms with Crippen molar-refractivity contribution in [3.63, 3.8) is 0 Å². The number of allylic oxidation sites excluding steroid dienone is 1. The second-order valence-corrected chi connectivity index (χ2v) is 11.2. The van der Waals surface area contributed by atoms with Gasteiger partial charge in [-0.25, -0.2) is 18.9 Å². The van der Waals surface area contributed by atoms with E-state index in [1.165, 1.54) is 59.2 Å². The number of carbonyl (C=O) groups is 1. The van der Waals surface area contributed by atoms with E-state index >= 15 is 0 Å². The maximum absolute atomic E-state index is 13.9. The van der Waals surface area contributed by atoms with E-state index in [0.717, 1.165) is 33.7 Å². The lowest BCUT2D eigenvalue weighted by Crippen LogP contribution is -2.27. The third-order valence-electron chi connectivity index (χ3n) is 6.71. The van der Waals surface area contributed by atoms with E-state index in [1.807, 2.05) is 49.9 Å². The van der Waals surface area contributed by atoms with Crippen molar-refractivity contribution < 1.29 is 27.1 Å². The average molecular weight is 625 g/mol. The molecule has 1 fully saturated rings. The summed E-state index contributed by atoms with van der Waals surface area (Å²) >= 11 is 1.47. The highest BCUT2D eigenvalue weighted by atomic mass is 32.2. The number of urea groups is 1. The SMILES string of the molecule is C/C(=C\NC(=O)N=C1SCCN1c1ccc(F)cc1C(C)C)c1ccc(-c2ncn(-c3ccc(OC(F)(F)F)cc3)n2)cc1. The molecule has 1 aliphatic heterocycles. The summed E-state index contributed by atoms with van der Waals surface area (Å²) in [5, 5.41) is 7.70. The average Bonchev–Trinajstić information content (AvgIpc) is 3.66. The third-order valence-corrected chi connectivity index (χ3v) is 7.67. The molecule has 2 amide bonds. The van der Waals surface area contributed by atoms with Gasteiger partial charge < -0.3 is 15.0 Å². The largest absolute Gasteiger partial charge is 0.573 e. The molecule has 13 heteroatoms. The number of thioether (sulfide) groups is 1. The number of nitrogens with zero attached hydrogens (tertiary/aromatic N) is 5. The van der Waals surface area contributed by atoms with Crippen LogP contribution in [0.5, 0.6) is 5.75 Å². The fraction of sp³-hybridized carbons (Fsp3) is 0.226. The van der Waals surface area contributed by atoms with Gasteiger partial charge in [0.1, 0.15) is 17.9 Å². The summed E-state index contributed by atoms with van der Waals surface area (Å²) in [4.78, 5) is 23.2. The molecule has 0 aliphatic carbocycles. The Bertz CT molecular complexity index is 1700. The smallest absolute Gasteiger partial charge is 0.406 e. The number of ether oxygens (including phenoxy) is 1. The number of amidine groups is 1. The lowest BCUT2D eigenvalue weighted by Gasteiger charge is -2.23. The first-order chi connectivity index (χ1) is 21.0. The number of benzene rings is 3. The van der Waals surface area contributed by atoms with Crippen LogP contribution in [-0.2, 0) is 0 Å². The van der Waals surface area contributed by atoms with E-state index in [4.69, 9.17) is 0 Å². The minimum absolute atomic E-state index is 0.104. The van der Waals surface area contributed by atoms with Crippen LogP contribution >= 0.6 is 11.8 Å². The van der Waals surface area contributed by atoms with Gasteiger partial charge in [-0.1, -0.05) is 49.9 Å². The van der Waals surface area contributed by atoms with Crippen LogP contribution in [0.2, 0.25) is 0 Å². The number of carbonyl (C=O) groups excluding carboxylic acids is 1. The van der Waals surface area contributed by atoms with E-state index < -0.39 is 12.4 Å². The predicted octanol–water partition coefficient (Wildman–Crippen LogP) is 7.78. The molecule has 3 aromatic carbocycles. The molecule has 0 unspecified atom stereocenters. The summed E-state index contributed by atoms with van der Waals surface area (Å²) in [6, 6.07) is 16.8. The molecule has 0 saturated carbocycles. The molecule has 0 bridgehead atoms. The van der Waals surface area contributed by atoms with Crippen molar-refractivity contribution in [3.8, 4) is 22.8 Å². The Morgan fingerprint density at radius 2 is 1.82 bits per heavy atom. The number of nitrogens with one attached hydrogen (secondary N) is 1. The first-order valence-corrected chi connectivity index (χ1v) is 14.6. The topological polar surface area (TPSA) is 84.6 Å². The van der Waals surface area contributed by atoms with Crippen LogP contribution in [0.15, 0.2) is 84.2 Å². The molecule has 1 aliphatic rings. The summed E-state index contributed by atoms with van der Waals surface area (Å²) in [5.74, 6) is 0.671. The number of anilines is 1. The van der Waals surface area contributed by atoms with Gasteiger partial charge in [-0.15, -0.1) is 18.3 Å². The number of alkyl halides is 3. The molecule has 1 N–H and O–H groups in total. The molecule has 5 rings (SSSR count). The van der Waals surface area contributed by atoms with Crippen LogP contribution < -0.4 is 15.0 Å². The second-order valence-electron chi connectivity index (χ2n) is 10.2. The molecule has 0 radical (unpaired) electrons. The molecule has 1 saturated heterocycles. The highest BCUT2D eigenvalue weighted by Gasteiger charge is 2.31. The van der Waals surface area contributed by atoms with Gasteiger partial charge >= 0.3 is 12.4 Å². The summed E-state index contributed by atoms with van der Waals surface area (Å²) in [7, 11) is 0. The van der Waals surface area contributed by atoms with E-state index in [9.17, 15) is 22.4 Å². The summed E-state index contributed by atoms with van der Waals surface area (Å²) in [5.41, 5.74) is 4.60. The number of hydrogen-bond acceptors (Lipinski definition) is 5. The van der Waals surface area contributed by atoms with Gasteiger partial charge in [0.25, 0.3) is 0 Å². The lowest BCUT2D eigenvalue weighted by molar-refractivity contribution is -0.274. The zero-order valence-electron chi connectivity index (χ0n) is 24.0. The van der Waals surface area contributed by atoms with Crippen LogP contribution in [0.25, 0.3) is 22.6 Å². The highest BCUT2D eigenvalue weighted by Crippen LogP contribution is 2.33. The zero-order chi connectivity index (χ0) is 31.4. The molecule has 0 atom stereocenters. The van der Waals surface area contributed by atoms with Gasteiger partial charge in [0.2, 0.25) is 0 Å². The quantitative estimate of drug-likeness (QED) is 0.212. The molecule has 44 heavy (non-hydrogen) atoms. The van der Waals surface area contributed by atoms with E-state index in [1.54, 1.807) is 12.3 Å². The van der Waals surface area contributed by atoms with Crippen molar-refractivity contribution in [3.05, 3.63) is 96.2 Å². The Hall–Kier alpha value is -4.65. The van der Waals surface area contributed by atoms with E-state index in [2.05, 4.69) is 25.1 Å². The molecule has 1 aromatic heterocycles. The summed E-state index contributed by atoms with van der Waals surface area (Å²) < 4.78 is 56.4. The fourth-order valence-corrected chi connectivity index (χ4v) is 5.48. The number of rotatable bonds is 7. The maximum Gasteiger partial charge on any atom is 0.573 e. The van der Waals surface area contributed by atoms with Crippen molar-refractivity contribution in [1.29, 1.82) is 0 Å². The van der Waals surface area contributed by atoms with Gasteiger partial charge in [-0.3, -0.25) is 0 Å². The van der Waals surface area contributed by atoms with Crippen molar-refractivity contribution in [2.45, 2.75) is 33.1 Å². The fourth-order valence-electron chi connectivity index (χ4n) is 4.53. The molecule has 2 heterocycles. The zero-order valence-corrected chi connectivity index (χ0v) is 24.8. The summed E-state index contributed by atoms with van der Waals surface area (Å²) in [6.07, 6.45) is -1.71. The van der Waals surface area contributed by atoms with Crippen LogP contribution in [0.3, 0.4) is 0 Å². The Balaban J connectivity index is 1.23. The Labute approximate surface area is 255 Å². The first-order valence-electron chi connectivity index (χ1n) is 13.6. The molecule has 228 valence electrons. The third kappa shape index (κ3) is 7.46. The second kappa shape index (κ2) is 12.9. The molecular weight excluding hydrogens is 596 g/mol. The Morgan fingerprint density at radius 1 is 1.09 bits per heavy atom. The minimum atomic E-state index is -4.76. The number of halogens is 4. The maximum atomic E-state index is 13.9. The summed E-state index contributed by atoms with van der Waals surface area (Å²) in [6.45, 7) is 6.51. The van der Waals surface area contributed by atoms with Crippen molar-refractivity contribution in [2.75, 3.05) is 17.2 Å². The Morgan fingerprint density at radius 3 is 2.50 bits per heavy atom. The highest BCUT2D eigenvalue weighted by molar-refractivity contribution is 8.14. The molecular formula is C31H28F4N6O2S. The van der Waals surface area contributed by atoms with Crippen LogP contribution in [0.1, 0.15) is 37.8 Å². The monoisotopic (exact) mass is 624 g/mol. The van der Waals surface area contributed by atoms with Crippen molar-refractivity contribution >= 4 is 34.2 Å². The van der Waals surface area contributed by atoms with Crippen LogP contribution in [0.4, 0.5) is 28.0 Å². The minimum Gasteiger partial charge on any atom is -0.406 e. The molecule has 0 spiro atoms. The van der Waals surface area contributed by atoms with E-state index in [-0.39, 0.29) is 17.5 Å². The number of hydrogen-bond donors (Lipinski definition) is 1. The van der Waals surface area contributed by atoms with Gasteiger partial charge in [0, 0.05) is 29.7 Å².